The van der Waals surface area contributed by atoms with Crippen molar-refractivity contribution in [1.82, 2.24) is 9.78 Å². The van der Waals surface area contributed by atoms with Gasteiger partial charge in [0.15, 0.2) is 0 Å². The molecule has 3 heteroatoms. The first-order valence-electron chi connectivity index (χ1n) is 3.49. The highest BCUT2D eigenvalue weighted by Crippen LogP contribution is 2.08. The zero-order valence-electron chi connectivity index (χ0n) is 6.41. The smallest absolute Gasteiger partial charge is 0.0791 e. The second-order valence-electron chi connectivity index (χ2n) is 2.43. The van der Waals surface area contributed by atoms with Crippen LogP contribution in [-0.4, -0.2) is 9.78 Å². The maximum atomic E-state index is 5.73. The van der Waals surface area contributed by atoms with Crippen molar-refractivity contribution in [3.63, 3.8) is 0 Å². The highest BCUT2D eigenvalue weighted by atomic mass is 15.3. The van der Waals surface area contributed by atoms with E-state index >= 15 is 0 Å². The number of aromatic nitrogens is 2. The van der Waals surface area contributed by atoms with Crippen LogP contribution in [0.4, 0.5) is 0 Å². The summed E-state index contributed by atoms with van der Waals surface area (Å²) in [5.74, 6) is 0. The first kappa shape index (κ1) is 7.28. The van der Waals surface area contributed by atoms with Crippen molar-refractivity contribution in [2.45, 2.75) is 19.4 Å². The van der Waals surface area contributed by atoms with E-state index in [9.17, 15) is 0 Å². The van der Waals surface area contributed by atoms with Crippen molar-refractivity contribution in [3.8, 4) is 0 Å². The van der Waals surface area contributed by atoms with Crippen molar-refractivity contribution in [2.24, 2.45) is 12.8 Å². The topological polar surface area (TPSA) is 43.8 Å². The van der Waals surface area contributed by atoms with Gasteiger partial charge >= 0.3 is 0 Å². The normalized spacial score (nSPS) is 13.5. The summed E-state index contributed by atoms with van der Waals surface area (Å²) in [6, 6.07) is 2.05. The molecule has 0 spiro atoms. The number of nitrogens with two attached hydrogens (primary N) is 1. The standard InChI is InChI=1S/C7H13N3/c1-3-6(8)7-4-5-10(2)9-7/h4-6H,3,8H2,1-2H3/t6-/m0/s1. The van der Waals surface area contributed by atoms with Crippen molar-refractivity contribution < 1.29 is 0 Å². The van der Waals surface area contributed by atoms with Gasteiger partial charge in [0, 0.05) is 19.3 Å². The molecule has 1 rings (SSSR count). The number of hydrogen-bond acceptors (Lipinski definition) is 2. The van der Waals surface area contributed by atoms with Gasteiger partial charge in [-0.25, -0.2) is 0 Å². The maximum Gasteiger partial charge on any atom is 0.0791 e. The first-order chi connectivity index (χ1) is 4.74. The number of rotatable bonds is 2. The Morgan fingerprint density at radius 3 is 2.90 bits per heavy atom. The van der Waals surface area contributed by atoms with E-state index in [0.717, 1.165) is 12.1 Å². The molecule has 10 heavy (non-hydrogen) atoms. The van der Waals surface area contributed by atoms with Crippen LogP contribution in [0.2, 0.25) is 0 Å². The van der Waals surface area contributed by atoms with Gasteiger partial charge in [0.05, 0.1) is 5.69 Å². The minimum Gasteiger partial charge on any atom is -0.323 e. The lowest BCUT2D eigenvalue weighted by Crippen LogP contribution is -2.09. The molecule has 0 aliphatic rings. The number of nitrogens with zero attached hydrogens (tertiary/aromatic N) is 2. The fourth-order valence-corrected chi connectivity index (χ4v) is 0.840. The van der Waals surface area contributed by atoms with Crippen molar-refractivity contribution in [1.29, 1.82) is 0 Å². The Balaban J connectivity index is 2.74. The molecule has 0 saturated heterocycles. The fourth-order valence-electron chi connectivity index (χ4n) is 0.840. The molecule has 1 heterocycles. The zero-order chi connectivity index (χ0) is 7.56. The van der Waals surface area contributed by atoms with Crippen LogP contribution >= 0.6 is 0 Å². The maximum absolute atomic E-state index is 5.73. The summed E-state index contributed by atoms with van der Waals surface area (Å²) in [5, 5.41) is 4.17. The lowest BCUT2D eigenvalue weighted by Gasteiger charge is -2.02. The summed E-state index contributed by atoms with van der Waals surface area (Å²) in [6.45, 7) is 2.05. The average molecular weight is 139 g/mol. The van der Waals surface area contributed by atoms with Gasteiger partial charge in [-0.15, -0.1) is 0 Å². The van der Waals surface area contributed by atoms with Crippen LogP contribution in [0, 0.1) is 0 Å². The SMILES string of the molecule is CC[C@H](N)c1ccn(C)n1. The van der Waals surface area contributed by atoms with E-state index in [-0.39, 0.29) is 6.04 Å². The molecule has 0 aromatic carbocycles. The molecule has 0 bridgehead atoms. The molecule has 1 aromatic rings. The molecule has 0 saturated carbocycles. The Labute approximate surface area is 60.8 Å². The summed E-state index contributed by atoms with van der Waals surface area (Å²) in [6.07, 6.45) is 2.85. The van der Waals surface area contributed by atoms with E-state index in [1.54, 1.807) is 4.68 Å². The van der Waals surface area contributed by atoms with Crippen LogP contribution in [0.25, 0.3) is 0 Å². The highest BCUT2D eigenvalue weighted by Gasteiger charge is 2.04. The molecule has 0 radical (unpaired) electrons. The Morgan fingerprint density at radius 1 is 1.80 bits per heavy atom. The summed E-state index contributed by atoms with van der Waals surface area (Å²) in [5.41, 5.74) is 6.71. The molecule has 56 valence electrons. The molecule has 2 N–H and O–H groups in total. The van der Waals surface area contributed by atoms with E-state index in [4.69, 9.17) is 5.73 Å². The molecular formula is C7H13N3. The predicted molar refractivity (Wildman–Crippen MR) is 40.4 cm³/mol. The molecule has 0 amide bonds. The van der Waals surface area contributed by atoms with Crippen molar-refractivity contribution >= 4 is 0 Å². The number of aryl methyl sites for hydroxylation is 1. The highest BCUT2D eigenvalue weighted by molar-refractivity contribution is 5.03. The molecule has 0 aliphatic heterocycles. The van der Waals surface area contributed by atoms with E-state index < -0.39 is 0 Å². The Bertz CT molecular complexity index is 204. The van der Waals surface area contributed by atoms with E-state index in [1.807, 2.05) is 19.3 Å². The number of hydrogen-bond donors (Lipinski definition) is 1. The Morgan fingerprint density at radius 2 is 2.50 bits per heavy atom. The van der Waals surface area contributed by atoms with E-state index in [1.165, 1.54) is 0 Å². The summed E-state index contributed by atoms with van der Waals surface area (Å²) >= 11 is 0. The summed E-state index contributed by atoms with van der Waals surface area (Å²) < 4.78 is 1.77. The molecule has 0 fully saturated rings. The van der Waals surface area contributed by atoms with Crippen LogP contribution in [0.15, 0.2) is 12.3 Å². The monoisotopic (exact) mass is 139 g/mol. The zero-order valence-corrected chi connectivity index (χ0v) is 6.41. The molecule has 1 atom stereocenters. The van der Waals surface area contributed by atoms with Crippen molar-refractivity contribution in [2.75, 3.05) is 0 Å². The van der Waals surface area contributed by atoms with E-state index in [0.29, 0.717) is 0 Å². The van der Waals surface area contributed by atoms with Gasteiger partial charge in [0.1, 0.15) is 0 Å². The Hall–Kier alpha value is -0.830. The van der Waals surface area contributed by atoms with E-state index in [2.05, 4.69) is 12.0 Å². The van der Waals surface area contributed by atoms with Crippen LogP contribution in [-0.2, 0) is 7.05 Å². The average Bonchev–Trinajstić information content (AvgIpc) is 2.34. The fraction of sp³-hybridized carbons (Fsp3) is 0.571. The van der Waals surface area contributed by atoms with Gasteiger partial charge in [0.2, 0.25) is 0 Å². The third-order valence-electron chi connectivity index (χ3n) is 1.55. The lowest BCUT2D eigenvalue weighted by molar-refractivity contribution is 0.643. The summed E-state index contributed by atoms with van der Waals surface area (Å²) in [4.78, 5) is 0. The Kier molecular flexibility index (Phi) is 2.06. The molecule has 1 aromatic heterocycles. The molecular weight excluding hydrogens is 126 g/mol. The van der Waals surface area contributed by atoms with Crippen LogP contribution in [0.5, 0.6) is 0 Å². The van der Waals surface area contributed by atoms with Crippen LogP contribution in [0.1, 0.15) is 25.1 Å². The summed E-state index contributed by atoms with van der Waals surface area (Å²) in [7, 11) is 1.89. The van der Waals surface area contributed by atoms with Crippen LogP contribution < -0.4 is 5.73 Å². The minimum atomic E-state index is 0.0983. The van der Waals surface area contributed by atoms with Crippen molar-refractivity contribution in [3.05, 3.63) is 18.0 Å². The third kappa shape index (κ3) is 1.36. The quantitative estimate of drug-likeness (QED) is 0.659. The molecule has 0 unspecified atom stereocenters. The lowest BCUT2D eigenvalue weighted by atomic mass is 10.2. The largest absolute Gasteiger partial charge is 0.323 e. The molecule has 0 aliphatic carbocycles. The third-order valence-corrected chi connectivity index (χ3v) is 1.55. The van der Waals surface area contributed by atoms with Gasteiger partial charge in [-0.05, 0) is 12.5 Å². The van der Waals surface area contributed by atoms with Gasteiger partial charge in [-0.1, -0.05) is 6.92 Å². The molecule has 3 nitrogen and oxygen atoms in total. The second kappa shape index (κ2) is 2.84. The van der Waals surface area contributed by atoms with Crippen LogP contribution in [0.3, 0.4) is 0 Å². The van der Waals surface area contributed by atoms with Gasteiger partial charge in [0.25, 0.3) is 0 Å². The van der Waals surface area contributed by atoms with Gasteiger partial charge in [-0.3, -0.25) is 4.68 Å². The minimum absolute atomic E-state index is 0.0983. The predicted octanol–water partition coefficient (Wildman–Crippen LogP) is 0.830. The van der Waals surface area contributed by atoms with Gasteiger partial charge in [-0.2, -0.15) is 5.10 Å². The van der Waals surface area contributed by atoms with Gasteiger partial charge < -0.3 is 5.73 Å². The second-order valence-corrected chi connectivity index (χ2v) is 2.43. The first-order valence-corrected chi connectivity index (χ1v) is 3.49.